The van der Waals surface area contributed by atoms with Gasteiger partial charge in [0.05, 0.1) is 5.56 Å². The second kappa shape index (κ2) is 6.99. The van der Waals surface area contributed by atoms with Crippen molar-refractivity contribution in [3.8, 4) is 0 Å². The highest BCUT2D eigenvalue weighted by atomic mass is 127. The van der Waals surface area contributed by atoms with Crippen LogP contribution < -0.4 is 5.32 Å². The lowest BCUT2D eigenvalue weighted by Crippen LogP contribution is -2.21. The first kappa shape index (κ1) is 14.4. The van der Waals surface area contributed by atoms with Crippen molar-refractivity contribution < 1.29 is 14.3 Å². The number of hydrogen-bond donors (Lipinski definition) is 1. The molecule has 1 N–H and O–H groups in total. The third-order valence-corrected chi connectivity index (χ3v) is 3.01. The average molecular weight is 382 g/mol. The summed E-state index contributed by atoms with van der Waals surface area (Å²) in [6.07, 6.45) is 2.94. The zero-order valence-corrected chi connectivity index (χ0v) is 12.5. The van der Waals surface area contributed by atoms with Crippen molar-refractivity contribution in [3.63, 3.8) is 0 Å². The van der Waals surface area contributed by atoms with E-state index in [0.29, 0.717) is 11.3 Å². The molecule has 0 aliphatic rings. The summed E-state index contributed by atoms with van der Waals surface area (Å²) in [6.45, 7) is -0.334. The monoisotopic (exact) mass is 382 g/mol. The Morgan fingerprint density at radius 2 is 2.10 bits per heavy atom. The number of benzene rings is 1. The van der Waals surface area contributed by atoms with Gasteiger partial charge in [0.15, 0.2) is 6.61 Å². The Kier molecular flexibility index (Phi) is 5.05. The number of esters is 1. The molecule has 0 fully saturated rings. The fourth-order valence-electron chi connectivity index (χ4n) is 1.46. The van der Waals surface area contributed by atoms with Crippen molar-refractivity contribution in [2.75, 3.05) is 11.9 Å². The maximum absolute atomic E-state index is 11.7. The van der Waals surface area contributed by atoms with E-state index in [2.05, 4.69) is 32.9 Å². The van der Waals surface area contributed by atoms with Crippen LogP contribution in [0.4, 0.5) is 5.69 Å². The Balaban J connectivity index is 1.85. The Bertz CT molecular complexity index is 617. The number of carbonyl (C=O) groups excluding carboxylic acids is 2. The zero-order valence-electron chi connectivity index (χ0n) is 10.4. The van der Waals surface area contributed by atoms with Gasteiger partial charge in [-0.2, -0.15) is 0 Å². The van der Waals surface area contributed by atoms with Crippen LogP contribution >= 0.6 is 22.6 Å². The predicted molar refractivity (Wildman–Crippen MR) is 82.3 cm³/mol. The maximum atomic E-state index is 11.7. The summed E-state index contributed by atoms with van der Waals surface area (Å²) < 4.78 is 5.91. The maximum Gasteiger partial charge on any atom is 0.340 e. The average Bonchev–Trinajstić information content (AvgIpc) is 2.46. The molecule has 0 saturated heterocycles. The number of nitrogens with zero attached hydrogens (tertiary/aromatic N) is 1. The van der Waals surface area contributed by atoms with Gasteiger partial charge in [-0.05, 0) is 52.9 Å². The highest BCUT2D eigenvalue weighted by Gasteiger charge is 2.10. The van der Waals surface area contributed by atoms with Crippen LogP contribution in [-0.4, -0.2) is 23.5 Å². The molecule has 6 heteroatoms. The van der Waals surface area contributed by atoms with E-state index < -0.39 is 5.97 Å². The summed E-state index contributed by atoms with van der Waals surface area (Å²) in [5, 5.41) is 2.65. The normalized spacial score (nSPS) is 9.85. The molecule has 20 heavy (non-hydrogen) atoms. The Morgan fingerprint density at radius 1 is 1.25 bits per heavy atom. The van der Waals surface area contributed by atoms with Gasteiger partial charge in [0.2, 0.25) is 0 Å². The molecule has 0 unspecified atom stereocenters. The third-order valence-electron chi connectivity index (χ3n) is 2.34. The first-order chi connectivity index (χ1) is 9.65. The van der Waals surface area contributed by atoms with E-state index in [4.69, 9.17) is 4.74 Å². The quantitative estimate of drug-likeness (QED) is 0.652. The molecule has 1 amide bonds. The van der Waals surface area contributed by atoms with Crippen molar-refractivity contribution in [1.29, 1.82) is 0 Å². The molecule has 0 spiro atoms. The van der Waals surface area contributed by atoms with E-state index in [1.807, 2.05) is 18.2 Å². The number of anilines is 1. The molecular weight excluding hydrogens is 371 g/mol. The lowest BCUT2D eigenvalue weighted by Gasteiger charge is -2.06. The van der Waals surface area contributed by atoms with Crippen LogP contribution in [0.2, 0.25) is 0 Å². The minimum Gasteiger partial charge on any atom is -0.452 e. The van der Waals surface area contributed by atoms with E-state index in [1.54, 1.807) is 24.4 Å². The van der Waals surface area contributed by atoms with Gasteiger partial charge in [-0.15, -0.1) is 0 Å². The fourth-order valence-corrected chi connectivity index (χ4v) is 2.00. The predicted octanol–water partition coefficient (Wildman–Crippen LogP) is 2.48. The number of rotatable bonds is 4. The number of halogens is 1. The highest BCUT2D eigenvalue weighted by Crippen LogP contribution is 2.12. The second-order valence-electron chi connectivity index (χ2n) is 3.88. The molecule has 1 aromatic carbocycles. The number of amides is 1. The lowest BCUT2D eigenvalue weighted by atomic mass is 10.3. The Morgan fingerprint density at radius 3 is 2.80 bits per heavy atom. The number of carbonyl (C=O) groups is 2. The van der Waals surface area contributed by atoms with Gasteiger partial charge in [0, 0.05) is 21.7 Å². The molecule has 0 aliphatic heterocycles. The SMILES string of the molecule is O=C(COC(=O)c1cccnc1)Nc1cccc(I)c1. The van der Waals surface area contributed by atoms with Crippen molar-refractivity contribution >= 4 is 40.2 Å². The first-order valence-electron chi connectivity index (χ1n) is 5.78. The molecule has 1 aromatic heterocycles. The number of hydrogen-bond acceptors (Lipinski definition) is 4. The summed E-state index contributed by atoms with van der Waals surface area (Å²) in [7, 11) is 0. The van der Waals surface area contributed by atoms with Gasteiger partial charge in [-0.25, -0.2) is 4.79 Å². The molecule has 0 aliphatic carbocycles. The van der Waals surface area contributed by atoms with Gasteiger partial charge in [-0.1, -0.05) is 6.07 Å². The van der Waals surface area contributed by atoms with Crippen LogP contribution in [0.1, 0.15) is 10.4 Å². The zero-order chi connectivity index (χ0) is 14.4. The molecule has 0 saturated carbocycles. The van der Waals surface area contributed by atoms with Crippen molar-refractivity contribution in [2.45, 2.75) is 0 Å². The van der Waals surface area contributed by atoms with Crippen LogP contribution in [0, 0.1) is 3.57 Å². The highest BCUT2D eigenvalue weighted by molar-refractivity contribution is 14.1. The van der Waals surface area contributed by atoms with Crippen molar-refractivity contribution in [2.24, 2.45) is 0 Å². The topological polar surface area (TPSA) is 68.3 Å². The van der Waals surface area contributed by atoms with Crippen LogP contribution in [0.15, 0.2) is 48.8 Å². The first-order valence-corrected chi connectivity index (χ1v) is 6.85. The third kappa shape index (κ3) is 4.30. The number of nitrogens with one attached hydrogen (secondary N) is 1. The van der Waals surface area contributed by atoms with E-state index in [9.17, 15) is 9.59 Å². The summed E-state index contributed by atoms with van der Waals surface area (Å²) >= 11 is 2.15. The molecule has 102 valence electrons. The van der Waals surface area contributed by atoms with Crippen molar-refractivity contribution in [1.82, 2.24) is 4.98 Å². The van der Waals surface area contributed by atoms with Gasteiger partial charge in [0.25, 0.3) is 5.91 Å². The number of aromatic nitrogens is 1. The van der Waals surface area contributed by atoms with Gasteiger partial charge >= 0.3 is 5.97 Å². The molecule has 0 radical (unpaired) electrons. The Labute approximate surface area is 129 Å². The van der Waals surface area contributed by atoms with Crippen LogP contribution in [0.25, 0.3) is 0 Å². The summed E-state index contributed by atoms with van der Waals surface area (Å²) in [6, 6.07) is 10.5. The molecule has 5 nitrogen and oxygen atoms in total. The summed E-state index contributed by atoms with van der Waals surface area (Å²) in [5.41, 5.74) is 0.980. The molecule has 0 bridgehead atoms. The van der Waals surface area contributed by atoms with E-state index in [1.165, 1.54) is 6.20 Å². The van der Waals surface area contributed by atoms with Gasteiger partial charge in [0.1, 0.15) is 0 Å². The Hall–Kier alpha value is -1.96. The molecule has 2 rings (SSSR count). The molecule has 0 atom stereocenters. The minimum absolute atomic E-state index is 0.314. The van der Waals surface area contributed by atoms with Crippen LogP contribution in [0.5, 0.6) is 0 Å². The standard InChI is InChI=1S/C14H11IN2O3/c15-11-4-1-5-12(7-11)17-13(18)9-20-14(19)10-3-2-6-16-8-10/h1-8H,9H2,(H,17,18). The largest absolute Gasteiger partial charge is 0.452 e. The van der Waals surface area contributed by atoms with Crippen molar-refractivity contribution in [3.05, 3.63) is 57.9 Å². The minimum atomic E-state index is -0.573. The van der Waals surface area contributed by atoms with E-state index in [0.717, 1.165) is 3.57 Å². The van der Waals surface area contributed by atoms with Gasteiger partial charge in [-0.3, -0.25) is 9.78 Å². The van der Waals surface area contributed by atoms with Gasteiger partial charge < -0.3 is 10.1 Å². The fraction of sp³-hybridized carbons (Fsp3) is 0.0714. The molecule has 2 aromatic rings. The van der Waals surface area contributed by atoms with E-state index >= 15 is 0 Å². The molecule has 1 heterocycles. The summed E-state index contributed by atoms with van der Waals surface area (Å²) in [5.74, 6) is -0.958. The smallest absolute Gasteiger partial charge is 0.340 e. The summed E-state index contributed by atoms with van der Waals surface area (Å²) in [4.78, 5) is 27.1. The second-order valence-corrected chi connectivity index (χ2v) is 5.12. The molecular formula is C14H11IN2O3. The van der Waals surface area contributed by atoms with Crippen LogP contribution in [0.3, 0.4) is 0 Å². The van der Waals surface area contributed by atoms with E-state index in [-0.39, 0.29) is 12.5 Å². The van der Waals surface area contributed by atoms with Crippen LogP contribution in [-0.2, 0) is 9.53 Å². The number of pyridine rings is 1. The number of ether oxygens (including phenoxy) is 1. The lowest BCUT2D eigenvalue weighted by molar-refractivity contribution is -0.119.